The molecule has 0 unspecified atom stereocenters. The molecule has 0 amide bonds. The molecule has 0 saturated carbocycles. The highest BCUT2D eigenvalue weighted by atomic mass is 127. The van der Waals surface area contributed by atoms with Gasteiger partial charge in [-0.25, -0.2) is 15.0 Å². The van der Waals surface area contributed by atoms with E-state index in [4.69, 9.17) is 0 Å². The number of nitrogens with one attached hydrogen (secondary N) is 2. The number of H-pyrrole nitrogens is 1. The van der Waals surface area contributed by atoms with Crippen molar-refractivity contribution in [3.63, 3.8) is 0 Å². The topological polar surface area (TPSA) is 79.4 Å². The minimum atomic E-state index is 0.545. The molecule has 2 heterocycles. The predicted octanol–water partition coefficient (Wildman–Crippen LogP) is 1.30. The number of rotatable bonds is 3. The zero-order chi connectivity index (χ0) is 10.7. The first kappa shape index (κ1) is 10.3. The lowest BCUT2D eigenvalue weighted by Crippen LogP contribution is -2.04. The van der Waals surface area contributed by atoms with Crippen LogP contribution in [0.25, 0.3) is 11.6 Å². The van der Waals surface area contributed by atoms with Gasteiger partial charge in [-0.3, -0.25) is 5.10 Å². The number of aromatic nitrogens is 5. The van der Waals surface area contributed by atoms with E-state index in [1.807, 2.05) is 6.92 Å². The fraction of sp³-hybridized carbons (Fsp3) is 0.250. The molecule has 0 aliphatic heterocycles. The van der Waals surface area contributed by atoms with E-state index in [2.05, 4.69) is 53.1 Å². The lowest BCUT2D eigenvalue weighted by molar-refractivity contribution is 1.05. The van der Waals surface area contributed by atoms with E-state index in [0.717, 1.165) is 15.9 Å². The Morgan fingerprint density at radius 1 is 1.47 bits per heavy atom. The Labute approximate surface area is 100 Å². The van der Waals surface area contributed by atoms with Crippen molar-refractivity contribution in [1.29, 1.82) is 0 Å². The quantitative estimate of drug-likeness (QED) is 0.835. The molecule has 0 spiro atoms. The van der Waals surface area contributed by atoms with Gasteiger partial charge in [-0.1, -0.05) is 0 Å². The lowest BCUT2D eigenvalue weighted by atomic mass is 10.5. The molecule has 2 aromatic heterocycles. The predicted molar refractivity (Wildman–Crippen MR) is 64.3 cm³/mol. The highest BCUT2D eigenvalue weighted by Gasteiger charge is 2.07. The summed E-state index contributed by atoms with van der Waals surface area (Å²) in [4.78, 5) is 12.5. The van der Waals surface area contributed by atoms with Gasteiger partial charge in [0.1, 0.15) is 12.1 Å². The van der Waals surface area contributed by atoms with Crippen LogP contribution < -0.4 is 5.32 Å². The molecular formula is C8H9IN6. The molecule has 0 atom stereocenters. The summed E-state index contributed by atoms with van der Waals surface area (Å²) in [7, 11) is 0. The van der Waals surface area contributed by atoms with Gasteiger partial charge >= 0.3 is 0 Å². The van der Waals surface area contributed by atoms with E-state index < -0.39 is 0 Å². The monoisotopic (exact) mass is 316 g/mol. The standard InChI is InChI=1S/C8H9IN6/c1-2-10-6-5(9)3-11-7(14-6)8-12-4-13-15-8/h3-4H,2H2,1H3,(H,10,11,14)(H,12,13,15). The third-order valence-corrected chi connectivity index (χ3v) is 2.50. The van der Waals surface area contributed by atoms with Crippen molar-refractivity contribution in [2.45, 2.75) is 6.92 Å². The zero-order valence-corrected chi connectivity index (χ0v) is 10.2. The van der Waals surface area contributed by atoms with Crippen molar-refractivity contribution < 1.29 is 0 Å². The highest BCUT2D eigenvalue weighted by Crippen LogP contribution is 2.17. The van der Waals surface area contributed by atoms with Crippen LogP contribution in [-0.4, -0.2) is 31.7 Å². The van der Waals surface area contributed by atoms with E-state index in [0.29, 0.717) is 11.6 Å². The van der Waals surface area contributed by atoms with Crippen molar-refractivity contribution in [2.75, 3.05) is 11.9 Å². The molecule has 78 valence electrons. The van der Waals surface area contributed by atoms with Crippen LogP contribution >= 0.6 is 22.6 Å². The van der Waals surface area contributed by atoms with Gasteiger partial charge in [0, 0.05) is 12.7 Å². The molecule has 7 heteroatoms. The largest absolute Gasteiger partial charge is 0.369 e. The molecule has 0 radical (unpaired) electrons. The second-order valence-corrected chi connectivity index (χ2v) is 3.92. The fourth-order valence-electron chi connectivity index (χ4n) is 1.09. The van der Waals surface area contributed by atoms with Crippen molar-refractivity contribution in [2.24, 2.45) is 0 Å². The Hall–Kier alpha value is -1.25. The Kier molecular flexibility index (Phi) is 3.09. The molecule has 0 bridgehead atoms. The van der Waals surface area contributed by atoms with Gasteiger partial charge in [0.2, 0.25) is 0 Å². The van der Waals surface area contributed by atoms with Gasteiger partial charge < -0.3 is 5.32 Å². The summed E-state index contributed by atoms with van der Waals surface area (Å²) < 4.78 is 0.984. The SMILES string of the molecule is CCNc1nc(-c2ncn[nH]2)ncc1I. The third-order valence-electron chi connectivity index (χ3n) is 1.72. The maximum Gasteiger partial charge on any atom is 0.199 e. The van der Waals surface area contributed by atoms with Crippen LogP contribution in [0.1, 0.15) is 6.92 Å². The van der Waals surface area contributed by atoms with Crippen LogP contribution in [0, 0.1) is 3.57 Å². The first-order valence-corrected chi connectivity index (χ1v) is 5.51. The van der Waals surface area contributed by atoms with Gasteiger partial charge in [-0.05, 0) is 29.5 Å². The molecule has 2 N–H and O–H groups in total. The average molecular weight is 316 g/mol. The number of halogens is 1. The van der Waals surface area contributed by atoms with Crippen molar-refractivity contribution in [3.05, 3.63) is 16.1 Å². The van der Waals surface area contributed by atoms with Gasteiger partial charge in [0.25, 0.3) is 0 Å². The van der Waals surface area contributed by atoms with Crippen LogP contribution in [0.2, 0.25) is 0 Å². The van der Waals surface area contributed by atoms with E-state index in [9.17, 15) is 0 Å². The lowest BCUT2D eigenvalue weighted by Gasteiger charge is -2.05. The molecule has 6 nitrogen and oxygen atoms in total. The molecule has 0 aromatic carbocycles. The van der Waals surface area contributed by atoms with Gasteiger partial charge in [0.05, 0.1) is 3.57 Å². The molecule has 0 aliphatic carbocycles. The van der Waals surface area contributed by atoms with Crippen molar-refractivity contribution in [1.82, 2.24) is 25.1 Å². The molecule has 15 heavy (non-hydrogen) atoms. The number of aromatic amines is 1. The van der Waals surface area contributed by atoms with Crippen LogP contribution in [0.4, 0.5) is 5.82 Å². The maximum atomic E-state index is 4.34. The van der Waals surface area contributed by atoms with Crippen LogP contribution in [0.15, 0.2) is 12.5 Å². The van der Waals surface area contributed by atoms with Gasteiger partial charge in [-0.15, -0.1) is 0 Å². The van der Waals surface area contributed by atoms with Crippen LogP contribution in [0.3, 0.4) is 0 Å². The van der Waals surface area contributed by atoms with Crippen LogP contribution in [-0.2, 0) is 0 Å². The first-order valence-electron chi connectivity index (χ1n) is 4.43. The molecular weight excluding hydrogens is 307 g/mol. The molecule has 2 aromatic rings. The minimum absolute atomic E-state index is 0.545. The summed E-state index contributed by atoms with van der Waals surface area (Å²) in [5.41, 5.74) is 0. The maximum absolute atomic E-state index is 4.34. The van der Waals surface area contributed by atoms with E-state index in [1.54, 1.807) is 6.20 Å². The van der Waals surface area contributed by atoms with E-state index >= 15 is 0 Å². The molecule has 2 rings (SSSR count). The van der Waals surface area contributed by atoms with Gasteiger partial charge in [0.15, 0.2) is 11.6 Å². The Bertz CT molecular complexity index is 440. The molecule has 0 saturated heterocycles. The summed E-state index contributed by atoms with van der Waals surface area (Å²) in [5, 5.41) is 9.64. The summed E-state index contributed by atoms with van der Waals surface area (Å²) in [6, 6.07) is 0. The van der Waals surface area contributed by atoms with Gasteiger partial charge in [-0.2, -0.15) is 5.10 Å². The number of hydrogen-bond acceptors (Lipinski definition) is 5. The number of nitrogens with zero attached hydrogens (tertiary/aromatic N) is 4. The summed E-state index contributed by atoms with van der Waals surface area (Å²) in [6.45, 7) is 2.84. The first-order chi connectivity index (χ1) is 7.31. The summed E-state index contributed by atoms with van der Waals surface area (Å²) >= 11 is 2.18. The Balaban J connectivity index is 2.38. The Morgan fingerprint density at radius 2 is 2.33 bits per heavy atom. The molecule has 0 aliphatic rings. The summed E-state index contributed by atoms with van der Waals surface area (Å²) in [5.74, 6) is 1.94. The van der Waals surface area contributed by atoms with E-state index in [-0.39, 0.29) is 0 Å². The third kappa shape index (κ3) is 2.22. The van der Waals surface area contributed by atoms with Crippen molar-refractivity contribution in [3.8, 4) is 11.6 Å². The smallest absolute Gasteiger partial charge is 0.199 e. The minimum Gasteiger partial charge on any atom is -0.369 e. The number of anilines is 1. The van der Waals surface area contributed by atoms with Crippen molar-refractivity contribution >= 4 is 28.4 Å². The summed E-state index contributed by atoms with van der Waals surface area (Å²) in [6.07, 6.45) is 3.19. The van der Waals surface area contributed by atoms with Crippen LogP contribution in [0.5, 0.6) is 0 Å². The second kappa shape index (κ2) is 4.51. The molecule has 0 fully saturated rings. The Morgan fingerprint density at radius 3 is 3.00 bits per heavy atom. The fourth-order valence-corrected chi connectivity index (χ4v) is 1.54. The second-order valence-electron chi connectivity index (χ2n) is 2.75. The van der Waals surface area contributed by atoms with E-state index in [1.165, 1.54) is 6.33 Å². The number of hydrogen-bond donors (Lipinski definition) is 2. The average Bonchev–Trinajstić information content (AvgIpc) is 2.75. The normalized spacial score (nSPS) is 10.3. The zero-order valence-electron chi connectivity index (χ0n) is 8.03. The highest BCUT2D eigenvalue weighted by molar-refractivity contribution is 14.1.